The predicted octanol–water partition coefficient (Wildman–Crippen LogP) is 2.67. The lowest BCUT2D eigenvalue weighted by Crippen LogP contribution is -2.37. The highest BCUT2D eigenvalue weighted by Gasteiger charge is 2.29. The molecule has 0 amide bonds. The van der Waals surface area contributed by atoms with Crippen LogP contribution < -0.4 is 0 Å². The summed E-state index contributed by atoms with van der Waals surface area (Å²) in [5.41, 5.74) is 4.37. The van der Waals surface area contributed by atoms with Crippen molar-refractivity contribution >= 4 is 5.71 Å². The average molecular weight is 250 g/mol. The number of nitrogens with zero attached hydrogens (tertiary/aromatic N) is 2. The number of morpholine rings is 1. The highest BCUT2D eigenvalue weighted by molar-refractivity contribution is 6.03. The monoisotopic (exact) mass is 250 g/mol. The van der Waals surface area contributed by atoms with Crippen LogP contribution in [0.3, 0.4) is 0 Å². The molecule has 0 N–H and O–H groups in total. The zero-order valence-corrected chi connectivity index (χ0v) is 12.3. The van der Waals surface area contributed by atoms with Crippen LogP contribution >= 0.6 is 0 Å². The van der Waals surface area contributed by atoms with Gasteiger partial charge in [0.1, 0.15) is 0 Å². The molecule has 0 unspecified atom stereocenters. The lowest BCUT2D eigenvalue weighted by molar-refractivity contribution is 0.0392. The lowest BCUT2D eigenvalue weighted by Gasteiger charge is -2.26. The maximum absolute atomic E-state index is 5.38. The SMILES string of the molecule is CC(C)=C1CC(C)(C)N=C1CCN1CCOCC1. The summed E-state index contributed by atoms with van der Waals surface area (Å²) in [4.78, 5) is 7.39. The van der Waals surface area contributed by atoms with E-state index in [-0.39, 0.29) is 5.54 Å². The van der Waals surface area contributed by atoms with Crippen LogP contribution in [0.15, 0.2) is 16.1 Å². The Hall–Kier alpha value is -0.670. The van der Waals surface area contributed by atoms with E-state index in [1.165, 1.54) is 16.9 Å². The van der Waals surface area contributed by atoms with Crippen molar-refractivity contribution in [2.24, 2.45) is 4.99 Å². The molecular weight excluding hydrogens is 224 g/mol. The summed E-state index contributed by atoms with van der Waals surface area (Å²) in [6.07, 6.45) is 2.19. The first-order chi connectivity index (χ1) is 8.48. The Morgan fingerprint density at radius 3 is 2.56 bits per heavy atom. The van der Waals surface area contributed by atoms with Crippen molar-refractivity contribution in [2.75, 3.05) is 32.8 Å². The summed E-state index contributed by atoms with van der Waals surface area (Å²) in [7, 11) is 0. The highest BCUT2D eigenvalue weighted by Crippen LogP contribution is 2.32. The number of aliphatic imine (C=N–C) groups is 1. The van der Waals surface area contributed by atoms with Crippen LogP contribution in [0.25, 0.3) is 0 Å². The molecule has 0 aromatic rings. The molecule has 2 aliphatic rings. The van der Waals surface area contributed by atoms with Crippen molar-refractivity contribution in [3.63, 3.8) is 0 Å². The minimum absolute atomic E-state index is 0.104. The first-order valence-electron chi connectivity index (χ1n) is 7.03. The molecule has 1 fully saturated rings. The van der Waals surface area contributed by atoms with Gasteiger partial charge in [0.25, 0.3) is 0 Å². The second-order valence-corrected chi connectivity index (χ2v) is 6.23. The van der Waals surface area contributed by atoms with Gasteiger partial charge in [-0.05, 0) is 39.7 Å². The minimum atomic E-state index is 0.104. The van der Waals surface area contributed by atoms with E-state index >= 15 is 0 Å². The van der Waals surface area contributed by atoms with Gasteiger partial charge in [-0.1, -0.05) is 5.57 Å². The molecule has 0 spiro atoms. The molecule has 2 heterocycles. The number of hydrogen-bond donors (Lipinski definition) is 0. The number of ether oxygens (including phenoxy) is 1. The van der Waals surface area contributed by atoms with E-state index in [0.29, 0.717) is 0 Å². The number of allylic oxidation sites excluding steroid dienone is 1. The largest absolute Gasteiger partial charge is 0.379 e. The Kier molecular flexibility index (Phi) is 4.23. The van der Waals surface area contributed by atoms with Crippen molar-refractivity contribution in [1.82, 2.24) is 4.90 Å². The second kappa shape index (κ2) is 5.54. The number of hydrogen-bond acceptors (Lipinski definition) is 3. The maximum Gasteiger partial charge on any atom is 0.0596 e. The molecule has 0 aromatic carbocycles. The van der Waals surface area contributed by atoms with Gasteiger partial charge < -0.3 is 4.74 Å². The third-order valence-electron chi connectivity index (χ3n) is 3.77. The highest BCUT2D eigenvalue weighted by atomic mass is 16.5. The van der Waals surface area contributed by atoms with Crippen LogP contribution in [0.2, 0.25) is 0 Å². The zero-order valence-electron chi connectivity index (χ0n) is 12.3. The van der Waals surface area contributed by atoms with E-state index in [1.807, 2.05) is 0 Å². The van der Waals surface area contributed by atoms with Crippen LogP contribution in [0.4, 0.5) is 0 Å². The molecule has 0 saturated carbocycles. The van der Waals surface area contributed by atoms with Gasteiger partial charge in [0.05, 0.1) is 18.8 Å². The molecule has 3 heteroatoms. The van der Waals surface area contributed by atoms with E-state index in [1.54, 1.807) is 0 Å². The van der Waals surface area contributed by atoms with Crippen molar-refractivity contribution in [1.29, 1.82) is 0 Å². The van der Waals surface area contributed by atoms with Crippen LogP contribution in [0, 0.1) is 0 Å². The molecule has 0 aromatic heterocycles. The molecule has 0 atom stereocenters. The first kappa shape index (κ1) is 13.8. The molecular formula is C15H26N2O. The Morgan fingerprint density at radius 1 is 1.28 bits per heavy atom. The molecule has 1 saturated heterocycles. The van der Waals surface area contributed by atoms with Gasteiger partial charge in [0.15, 0.2) is 0 Å². The summed E-state index contributed by atoms with van der Waals surface area (Å²) >= 11 is 0. The zero-order chi connectivity index (χ0) is 13.2. The van der Waals surface area contributed by atoms with E-state index in [4.69, 9.17) is 9.73 Å². The van der Waals surface area contributed by atoms with Gasteiger partial charge in [0.2, 0.25) is 0 Å². The first-order valence-corrected chi connectivity index (χ1v) is 7.03. The molecule has 3 nitrogen and oxygen atoms in total. The van der Waals surface area contributed by atoms with Crippen molar-refractivity contribution < 1.29 is 4.74 Å². The van der Waals surface area contributed by atoms with E-state index in [2.05, 4.69) is 32.6 Å². The number of rotatable bonds is 3. The van der Waals surface area contributed by atoms with Crippen molar-refractivity contribution in [3.8, 4) is 0 Å². The van der Waals surface area contributed by atoms with E-state index < -0.39 is 0 Å². The topological polar surface area (TPSA) is 24.8 Å². The summed E-state index contributed by atoms with van der Waals surface area (Å²) in [6, 6.07) is 0. The molecule has 0 aliphatic carbocycles. The molecule has 2 rings (SSSR count). The third-order valence-corrected chi connectivity index (χ3v) is 3.77. The lowest BCUT2D eigenvalue weighted by atomic mass is 9.94. The van der Waals surface area contributed by atoms with E-state index in [0.717, 1.165) is 45.7 Å². The van der Waals surface area contributed by atoms with Crippen LogP contribution in [-0.2, 0) is 4.74 Å². The van der Waals surface area contributed by atoms with E-state index in [9.17, 15) is 0 Å². The normalized spacial score (nSPS) is 24.2. The smallest absolute Gasteiger partial charge is 0.0596 e. The molecule has 0 radical (unpaired) electrons. The van der Waals surface area contributed by atoms with Crippen LogP contribution in [-0.4, -0.2) is 49.0 Å². The molecule has 2 aliphatic heterocycles. The molecule has 0 bridgehead atoms. The van der Waals surface area contributed by atoms with Crippen molar-refractivity contribution in [2.45, 2.75) is 46.1 Å². The quantitative estimate of drug-likeness (QED) is 0.769. The fourth-order valence-electron chi connectivity index (χ4n) is 2.77. The van der Waals surface area contributed by atoms with Crippen LogP contribution in [0.1, 0.15) is 40.5 Å². The second-order valence-electron chi connectivity index (χ2n) is 6.23. The summed E-state index contributed by atoms with van der Waals surface area (Å²) < 4.78 is 5.38. The van der Waals surface area contributed by atoms with Crippen LogP contribution in [0.5, 0.6) is 0 Å². The summed E-state index contributed by atoms with van der Waals surface area (Å²) in [5.74, 6) is 0. The van der Waals surface area contributed by atoms with Gasteiger partial charge in [-0.25, -0.2) is 0 Å². The Labute approximate surface area is 111 Å². The predicted molar refractivity (Wildman–Crippen MR) is 76.4 cm³/mol. The molecule has 102 valence electrons. The third kappa shape index (κ3) is 3.42. The minimum Gasteiger partial charge on any atom is -0.379 e. The van der Waals surface area contributed by atoms with Gasteiger partial charge >= 0.3 is 0 Å². The fourth-order valence-corrected chi connectivity index (χ4v) is 2.77. The Morgan fingerprint density at radius 2 is 1.94 bits per heavy atom. The van der Waals surface area contributed by atoms with Gasteiger partial charge in [-0.2, -0.15) is 0 Å². The summed E-state index contributed by atoms with van der Waals surface area (Å²) in [6.45, 7) is 13.9. The van der Waals surface area contributed by atoms with Gasteiger partial charge in [-0.15, -0.1) is 0 Å². The Balaban J connectivity index is 1.96. The van der Waals surface area contributed by atoms with Gasteiger partial charge in [0, 0.05) is 31.8 Å². The van der Waals surface area contributed by atoms with Crippen molar-refractivity contribution in [3.05, 3.63) is 11.1 Å². The Bertz CT molecular complexity index is 359. The summed E-state index contributed by atoms with van der Waals surface area (Å²) in [5, 5.41) is 0. The molecule has 18 heavy (non-hydrogen) atoms. The van der Waals surface area contributed by atoms with Gasteiger partial charge in [-0.3, -0.25) is 9.89 Å². The average Bonchev–Trinajstić information content (AvgIpc) is 2.64. The maximum atomic E-state index is 5.38. The standard InChI is InChI=1S/C15H26N2O/c1-12(2)13-11-15(3,4)16-14(13)5-6-17-7-9-18-10-8-17/h5-11H2,1-4H3. The fraction of sp³-hybridized carbons (Fsp3) is 0.800.